The molecular formula is C10H19IO. The van der Waals surface area contributed by atoms with E-state index >= 15 is 0 Å². The number of epoxide rings is 1. The molecule has 0 spiro atoms. The Bertz CT molecular complexity index is 125. The van der Waals surface area contributed by atoms with Crippen LogP contribution in [0.2, 0.25) is 0 Å². The molecule has 1 fully saturated rings. The molecule has 0 aliphatic carbocycles. The smallest absolute Gasteiger partial charge is 0.0931 e. The minimum atomic E-state index is 0.602. The highest BCUT2D eigenvalue weighted by atomic mass is 127. The summed E-state index contributed by atoms with van der Waals surface area (Å²) in [6.07, 6.45) is 6.63. The third-order valence-corrected chi connectivity index (χ3v) is 3.23. The van der Waals surface area contributed by atoms with Crippen LogP contribution in [0.4, 0.5) is 0 Å². The van der Waals surface area contributed by atoms with Crippen molar-refractivity contribution in [2.75, 3.05) is 4.43 Å². The first-order valence-corrected chi connectivity index (χ1v) is 6.48. The molecule has 0 aromatic heterocycles. The van der Waals surface area contributed by atoms with Gasteiger partial charge in [-0.05, 0) is 12.3 Å². The van der Waals surface area contributed by atoms with Gasteiger partial charge in [-0.3, -0.25) is 0 Å². The van der Waals surface area contributed by atoms with Gasteiger partial charge in [0.25, 0.3) is 0 Å². The number of alkyl halides is 1. The summed E-state index contributed by atoms with van der Waals surface area (Å²) < 4.78 is 6.64. The maximum Gasteiger partial charge on any atom is 0.0931 e. The highest BCUT2D eigenvalue weighted by Gasteiger charge is 2.36. The second-order valence-corrected chi connectivity index (χ2v) is 4.93. The van der Waals surface area contributed by atoms with Gasteiger partial charge in [0.2, 0.25) is 0 Å². The molecule has 2 heteroatoms. The molecule has 2 atom stereocenters. The van der Waals surface area contributed by atoms with E-state index in [0.29, 0.717) is 12.2 Å². The molecule has 0 aromatic carbocycles. The molecule has 0 unspecified atom stereocenters. The van der Waals surface area contributed by atoms with Crippen molar-refractivity contribution in [3.05, 3.63) is 0 Å². The van der Waals surface area contributed by atoms with Crippen LogP contribution in [0.15, 0.2) is 0 Å². The van der Waals surface area contributed by atoms with Crippen LogP contribution in [0.3, 0.4) is 0 Å². The fourth-order valence-corrected chi connectivity index (χ4v) is 2.24. The van der Waals surface area contributed by atoms with Gasteiger partial charge >= 0.3 is 0 Å². The molecule has 0 amide bonds. The Morgan fingerprint density at radius 3 is 2.50 bits per heavy atom. The molecule has 72 valence electrons. The van der Waals surface area contributed by atoms with Crippen molar-refractivity contribution >= 4 is 22.6 Å². The quantitative estimate of drug-likeness (QED) is 0.315. The van der Waals surface area contributed by atoms with Gasteiger partial charge in [0.1, 0.15) is 0 Å². The molecule has 1 aliphatic heterocycles. The van der Waals surface area contributed by atoms with Gasteiger partial charge in [-0.1, -0.05) is 55.7 Å². The van der Waals surface area contributed by atoms with E-state index in [1.54, 1.807) is 0 Å². The molecule has 0 radical (unpaired) electrons. The van der Waals surface area contributed by atoms with Crippen LogP contribution >= 0.6 is 22.6 Å². The molecule has 0 N–H and O–H groups in total. The molecule has 0 bridgehead atoms. The fourth-order valence-electron chi connectivity index (χ4n) is 1.47. The Kier molecular flexibility index (Phi) is 4.87. The summed E-state index contributed by atoms with van der Waals surface area (Å²) in [4.78, 5) is 0. The predicted octanol–water partition coefficient (Wildman–Crippen LogP) is 3.41. The molecule has 1 aliphatic rings. The average molecular weight is 282 g/mol. The van der Waals surface area contributed by atoms with Crippen molar-refractivity contribution in [3.8, 4) is 0 Å². The SMILES string of the molecule is CC(C)CCCC[C@@H]1O[C@@H]1CI. The lowest BCUT2D eigenvalue weighted by molar-refractivity contribution is 0.365. The lowest BCUT2D eigenvalue weighted by atomic mass is 10.0. The van der Waals surface area contributed by atoms with E-state index in [-0.39, 0.29) is 0 Å². The van der Waals surface area contributed by atoms with E-state index in [1.165, 1.54) is 30.1 Å². The third-order valence-electron chi connectivity index (χ3n) is 2.36. The summed E-state index contributed by atoms with van der Waals surface area (Å²) in [7, 11) is 0. The van der Waals surface area contributed by atoms with E-state index in [2.05, 4.69) is 36.4 Å². The Morgan fingerprint density at radius 2 is 2.00 bits per heavy atom. The molecule has 0 aromatic rings. The standard InChI is InChI=1S/C10H19IO/c1-8(2)5-3-4-6-9-10(7-11)12-9/h8-10H,3-7H2,1-2H3/t9-,10+/m0/s1. The zero-order valence-electron chi connectivity index (χ0n) is 8.05. The second kappa shape index (κ2) is 5.43. The minimum absolute atomic E-state index is 0.602. The molecule has 1 saturated heterocycles. The van der Waals surface area contributed by atoms with Gasteiger partial charge in [-0.25, -0.2) is 0 Å². The van der Waals surface area contributed by atoms with E-state index in [4.69, 9.17) is 4.74 Å². The van der Waals surface area contributed by atoms with Crippen LogP contribution in [0, 0.1) is 5.92 Å². The molecular weight excluding hydrogens is 263 g/mol. The predicted molar refractivity (Wildman–Crippen MR) is 60.9 cm³/mol. The van der Waals surface area contributed by atoms with Gasteiger partial charge in [-0.15, -0.1) is 0 Å². The van der Waals surface area contributed by atoms with Crippen molar-refractivity contribution in [1.82, 2.24) is 0 Å². The Labute approximate surface area is 89.4 Å². The summed E-state index contributed by atoms with van der Waals surface area (Å²) in [5.41, 5.74) is 0. The van der Waals surface area contributed by atoms with Crippen LogP contribution in [0.1, 0.15) is 39.5 Å². The van der Waals surface area contributed by atoms with Gasteiger partial charge < -0.3 is 4.74 Å². The summed E-state index contributed by atoms with van der Waals surface area (Å²) in [6.45, 7) is 4.59. The van der Waals surface area contributed by atoms with Gasteiger partial charge in [0, 0.05) is 4.43 Å². The summed E-state index contributed by atoms with van der Waals surface area (Å²) in [6, 6.07) is 0. The first-order chi connectivity index (χ1) is 5.74. The number of rotatable bonds is 6. The van der Waals surface area contributed by atoms with E-state index in [9.17, 15) is 0 Å². The molecule has 0 saturated carbocycles. The summed E-state index contributed by atoms with van der Waals surface area (Å²) in [5, 5.41) is 0. The zero-order valence-corrected chi connectivity index (χ0v) is 10.2. The normalized spacial score (nSPS) is 28.0. The Hall–Kier alpha value is 0.690. The van der Waals surface area contributed by atoms with Crippen molar-refractivity contribution < 1.29 is 4.74 Å². The molecule has 12 heavy (non-hydrogen) atoms. The summed E-state index contributed by atoms with van der Waals surface area (Å²) >= 11 is 2.40. The lowest BCUT2D eigenvalue weighted by Crippen LogP contribution is -1.95. The Balaban J connectivity index is 1.84. The van der Waals surface area contributed by atoms with Crippen LogP contribution in [0.5, 0.6) is 0 Å². The minimum Gasteiger partial charge on any atom is -0.369 e. The van der Waals surface area contributed by atoms with Crippen LogP contribution in [-0.2, 0) is 4.74 Å². The molecule has 1 heterocycles. The first-order valence-electron chi connectivity index (χ1n) is 4.95. The number of hydrogen-bond acceptors (Lipinski definition) is 1. The number of hydrogen-bond donors (Lipinski definition) is 0. The maximum atomic E-state index is 5.47. The average Bonchev–Trinajstić information content (AvgIpc) is 2.76. The van der Waals surface area contributed by atoms with Crippen LogP contribution in [0.25, 0.3) is 0 Å². The molecule has 1 rings (SSSR count). The highest BCUT2D eigenvalue weighted by Crippen LogP contribution is 2.28. The van der Waals surface area contributed by atoms with Crippen molar-refractivity contribution in [2.24, 2.45) is 5.92 Å². The highest BCUT2D eigenvalue weighted by molar-refractivity contribution is 14.1. The van der Waals surface area contributed by atoms with Crippen LogP contribution < -0.4 is 0 Å². The fraction of sp³-hybridized carbons (Fsp3) is 1.00. The monoisotopic (exact) mass is 282 g/mol. The van der Waals surface area contributed by atoms with Crippen molar-refractivity contribution in [1.29, 1.82) is 0 Å². The number of halogens is 1. The lowest BCUT2D eigenvalue weighted by Gasteiger charge is -2.02. The van der Waals surface area contributed by atoms with Crippen molar-refractivity contribution in [2.45, 2.75) is 51.7 Å². The van der Waals surface area contributed by atoms with Gasteiger partial charge in [0.05, 0.1) is 12.2 Å². The maximum absolute atomic E-state index is 5.47. The van der Waals surface area contributed by atoms with E-state index in [0.717, 1.165) is 5.92 Å². The largest absolute Gasteiger partial charge is 0.369 e. The molecule has 1 nitrogen and oxygen atoms in total. The van der Waals surface area contributed by atoms with Gasteiger partial charge in [0.15, 0.2) is 0 Å². The first kappa shape index (κ1) is 10.8. The van der Waals surface area contributed by atoms with Crippen LogP contribution in [-0.4, -0.2) is 16.6 Å². The zero-order chi connectivity index (χ0) is 8.97. The van der Waals surface area contributed by atoms with Gasteiger partial charge in [-0.2, -0.15) is 0 Å². The topological polar surface area (TPSA) is 12.5 Å². The second-order valence-electron chi connectivity index (χ2n) is 4.05. The van der Waals surface area contributed by atoms with E-state index < -0.39 is 0 Å². The summed E-state index contributed by atoms with van der Waals surface area (Å²) in [5.74, 6) is 0.866. The van der Waals surface area contributed by atoms with E-state index in [1.807, 2.05) is 0 Å². The Morgan fingerprint density at radius 1 is 1.25 bits per heavy atom. The van der Waals surface area contributed by atoms with Crippen molar-refractivity contribution in [3.63, 3.8) is 0 Å². The third kappa shape index (κ3) is 4.08. The number of unbranched alkanes of at least 4 members (excludes halogenated alkanes) is 1. The number of ether oxygens (including phenoxy) is 1.